The van der Waals surface area contributed by atoms with E-state index < -0.39 is 24.2 Å². The molecule has 0 spiro atoms. The van der Waals surface area contributed by atoms with E-state index in [0.29, 0.717) is 37.6 Å². The Balaban J connectivity index is 2.41. The fourth-order valence-corrected chi connectivity index (χ4v) is 7.69. The van der Waals surface area contributed by atoms with Gasteiger partial charge in [-0.05, 0) is 59.0 Å². The maximum Gasteiger partial charge on any atom is 0.232 e. The third-order valence-electron chi connectivity index (χ3n) is 5.05. The van der Waals surface area contributed by atoms with Crippen LogP contribution < -0.4 is 4.31 Å². The van der Waals surface area contributed by atoms with Gasteiger partial charge in [0.05, 0.1) is 21.9 Å². The van der Waals surface area contributed by atoms with E-state index in [1.807, 2.05) is 19.9 Å². The second-order valence-corrected chi connectivity index (χ2v) is 13.2. The lowest BCUT2D eigenvalue weighted by molar-refractivity contribution is 0.507. The van der Waals surface area contributed by atoms with Crippen LogP contribution in [0, 0.1) is 6.92 Å². The minimum Gasteiger partial charge on any atom is -0.505 e. The van der Waals surface area contributed by atoms with Crippen molar-refractivity contribution in [1.29, 1.82) is 0 Å². The van der Waals surface area contributed by atoms with Crippen molar-refractivity contribution in [2.24, 2.45) is 0 Å². The Morgan fingerprint density at radius 2 is 1.93 bits per heavy atom. The number of rotatable bonds is 3. The lowest BCUT2D eigenvalue weighted by Crippen LogP contribution is -2.31. The number of hydrogen-bond acceptors (Lipinski definition) is 5. The number of hydrogen-bond donors (Lipinski definition) is 1. The van der Waals surface area contributed by atoms with Crippen LogP contribution in [0.4, 0.5) is 5.69 Å². The second kappa shape index (κ2) is 7.54. The SMILES string of the molecule is Cc1c(C2=C(O)c3ncccc3C(C)(C)S2=S=O)ccc(Cl)c1N(C)S(C)(=O)=O. The average Bonchev–Trinajstić information content (AvgIpc) is 2.64. The molecule has 6 nitrogen and oxygen atoms in total. The molecule has 0 saturated carbocycles. The molecule has 1 aliphatic rings. The first-order chi connectivity index (χ1) is 13.4. The molecule has 0 radical (unpaired) electrons. The van der Waals surface area contributed by atoms with Crippen LogP contribution in [0.5, 0.6) is 0 Å². The number of anilines is 1. The first kappa shape index (κ1) is 22.0. The molecule has 0 amide bonds. The standard InChI is InChI=1S/C19H21ClN2O4S3/c1-11-12(8-9-14(20)16(11)22(4)29(5,25)26)18-17(23)15-13(7-6-10-21-15)19(2,3)28(18)27-24/h6-10,23H,1-5H3. The molecule has 0 aliphatic carbocycles. The number of pyridine rings is 1. The highest BCUT2D eigenvalue weighted by Crippen LogP contribution is 2.47. The normalized spacial score (nSPS) is 18.3. The first-order valence-corrected chi connectivity index (χ1v) is 13.3. The van der Waals surface area contributed by atoms with Crippen LogP contribution in [0.3, 0.4) is 0 Å². The number of halogens is 1. The van der Waals surface area contributed by atoms with Gasteiger partial charge in [0.1, 0.15) is 15.9 Å². The summed E-state index contributed by atoms with van der Waals surface area (Å²) in [5, 5.41) is 11.4. The summed E-state index contributed by atoms with van der Waals surface area (Å²) in [6.07, 6.45) is 2.68. The van der Waals surface area contributed by atoms with Crippen molar-refractivity contribution in [2.45, 2.75) is 25.5 Å². The van der Waals surface area contributed by atoms with E-state index in [0.717, 1.165) is 16.1 Å². The summed E-state index contributed by atoms with van der Waals surface area (Å²) < 4.78 is 37.0. The second-order valence-electron chi connectivity index (χ2n) is 7.22. The summed E-state index contributed by atoms with van der Waals surface area (Å²) in [5.74, 6) is -0.0648. The van der Waals surface area contributed by atoms with Gasteiger partial charge in [-0.15, -0.1) is 0 Å². The van der Waals surface area contributed by atoms with Gasteiger partial charge in [-0.25, -0.2) is 12.6 Å². The molecular formula is C19H21ClN2O4S3. The molecule has 0 saturated heterocycles. The summed E-state index contributed by atoms with van der Waals surface area (Å²) in [6, 6.07) is 6.94. The van der Waals surface area contributed by atoms with Crippen molar-refractivity contribution in [2.75, 3.05) is 17.6 Å². The Kier molecular flexibility index (Phi) is 5.72. The van der Waals surface area contributed by atoms with Gasteiger partial charge < -0.3 is 5.11 Å². The molecule has 1 aliphatic heterocycles. The first-order valence-electron chi connectivity index (χ1n) is 8.60. The van der Waals surface area contributed by atoms with E-state index in [9.17, 15) is 17.7 Å². The van der Waals surface area contributed by atoms with E-state index in [-0.39, 0.29) is 10.8 Å². The van der Waals surface area contributed by atoms with Crippen LogP contribution in [-0.2, 0) is 34.5 Å². The van der Waals surface area contributed by atoms with E-state index in [1.165, 1.54) is 7.05 Å². The Morgan fingerprint density at radius 1 is 1.28 bits per heavy atom. The molecule has 156 valence electrons. The topological polar surface area (TPSA) is 87.6 Å². The van der Waals surface area contributed by atoms with Gasteiger partial charge >= 0.3 is 0 Å². The predicted octanol–water partition coefficient (Wildman–Crippen LogP) is 3.82. The minimum atomic E-state index is -3.56. The summed E-state index contributed by atoms with van der Waals surface area (Å²) in [7, 11) is -2.68. The Hall–Kier alpha value is -1.68. The highest BCUT2D eigenvalue weighted by atomic mass is 35.5. The third-order valence-corrected chi connectivity index (χ3v) is 10.8. The predicted molar refractivity (Wildman–Crippen MR) is 122 cm³/mol. The van der Waals surface area contributed by atoms with E-state index >= 15 is 0 Å². The number of aromatic nitrogens is 1. The molecule has 2 aromatic rings. The number of aliphatic hydroxyl groups is 1. The van der Waals surface area contributed by atoms with Gasteiger partial charge in [0.2, 0.25) is 10.0 Å². The molecule has 1 unspecified atom stereocenters. The molecule has 3 rings (SSSR count). The van der Waals surface area contributed by atoms with Crippen LogP contribution in [-0.4, -0.2) is 36.0 Å². The molecule has 29 heavy (non-hydrogen) atoms. The van der Waals surface area contributed by atoms with Crippen molar-refractivity contribution in [3.05, 3.63) is 57.9 Å². The number of fused-ring (bicyclic) bond motifs is 1. The van der Waals surface area contributed by atoms with Crippen LogP contribution in [0.1, 0.15) is 36.2 Å². The van der Waals surface area contributed by atoms with Crippen LogP contribution in [0.25, 0.3) is 10.7 Å². The molecule has 1 N–H and O–H groups in total. The summed E-state index contributed by atoms with van der Waals surface area (Å²) in [4.78, 5) is 4.79. The van der Waals surface area contributed by atoms with Crippen LogP contribution >= 0.6 is 11.6 Å². The summed E-state index contributed by atoms with van der Waals surface area (Å²) in [6.45, 7) is 5.63. The van der Waals surface area contributed by atoms with Gasteiger partial charge in [-0.1, -0.05) is 23.7 Å². The molecule has 1 atom stereocenters. The summed E-state index contributed by atoms with van der Waals surface area (Å²) >= 11 is 6.32. The zero-order chi connectivity index (χ0) is 21.7. The van der Waals surface area contributed by atoms with Crippen molar-refractivity contribution in [3.63, 3.8) is 0 Å². The lowest BCUT2D eigenvalue weighted by atomic mass is 9.97. The molecule has 1 aromatic carbocycles. The number of aliphatic hydroxyl groups excluding tert-OH is 1. The molecule has 1 aromatic heterocycles. The zero-order valence-electron chi connectivity index (χ0n) is 16.6. The molecule has 2 heterocycles. The largest absolute Gasteiger partial charge is 0.505 e. The fraction of sp³-hybridized carbons (Fsp3) is 0.316. The van der Waals surface area contributed by atoms with Gasteiger partial charge in [-0.3, -0.25) is 9.29 Å². The highest BCUT2D eigenvalue weighted by Gasteiger charge is 2.40. The molecule has 0 bridgehead atoms. The maximum absolute atomic E-state index is 12.2. The quantitative estimate of drug-likeness (QED) is 0.733. The monoisotopic (exact) mass is 472 g/mol. The van der Waals surface area contributed by atoms with Gasteiger partial charge in [0.15, 0.2) is 5.76 Å². The fourth-order valence-electron chi connectivity index (χ4n) is 3.44. The third kappa shape index (κ3) is 3.54. The highest BCUT2D eigenvalue weighted by molar-refractivity contribution is 8.36. The van der Waals surface area contributed by atoms with Crippen molar-refractivity contribution in [3.8, 4) is 0 Å². The van der Waals surface area contributed by atoms with E-state index in [4.69, 9.17) is 11.6 Å². The zero-order valence-corrected chi connectivity index (χ0v) is 19.8. The number of nitrogens with zero attached hydrogens (tertiary/aromatic N) is 2. The maximum atomic E-state index is 12.2. The van der Waals surface area contributed by atoms with Crippen LogP contribution in [0.2, 0.25) is 5.02 Å². The van der Waals surface area contributed by atoms with E-state index in [2.05, 4.69) is 4.98 Å². The Bertz CT molecular complexity index is 1220. The van der Waals surface area contributed by atoms with Crippen molar-refractivity contribution in [1.82, 2.24) is 4.98 Å². The minimum absolute atomic E-state index is 0.0648. The average molecular weight is 473 g/mol. The van der Waals surface area contributed by atoms with Crippen molar-refractivity contribution >= 4 is 57.7 Å². The lowest BCUT2D eigenvalue weighted by Gasteiger charge is -2.35. The summed E-state index contributed by atoms with van der Waals surface area (Å²) in [5.41, 5.74) is 2.68. The molecule has 0 fully saturated rings. The molecular weight excluding hydrogens is 452 g/mol. The van der Waals surface area contributed by atoms with E-state index in [1.54, 1.807) is 31.3 Å². The van der Waals surface area contributed by atoms with Gasteiger partial charge in [0.25, 0.3) is 0 Å². The number of sulfonamides is 1. The van der Waals surface area contributed by atoms with Crippen molar-refractivity contribution < 1.29 is 17.7 Å². The molecule has 10 heteroatoms. The van der Waals surface area contributed by atoms with Crippen LogP contribution in [0.15, 0.2) is 30.5 Å². The van der Waals surface area contributed by atoms with Gasteiger partial charge in [0, 0.05) is 18.0 Å². The van der Waals surface area contributed by atoms with Gasteiger partial charge in [-0.2, -0.15) is 0 Å². The Labute approximate surface area is 181 Å². The Morgan fingerprint density at radius 3 is 2.52 bits per heavy atom. The smallest absolute Gasteiger partial charge is 0.232 e. The number of benzene rings is 1.